The third-order valence-corrected chi connectivity index (χ3v) is 4.89. The maximum Gasteiger partial charge on any atom is 0.407 e. The molecule has 1 aliphatic heterocycles. The lowest BCUT2D eigenvalue weighted by Crippen LogP contribution is -2.35. The van der Waals surface area contributed by atoms with Crippen LogP contribution in [0.4, 0.5) is 9.18 Å². The van der Waals surface area contributed by atoms with E-state index in [1.165, 1.54) is 18.2 Å². The number of nitrogens with one attached hydrogen (secondary N) is 1. The average Bonchev–Trinajstić information content (AvgIpc) is 3.06. The number of halogens is 1. The molecule has 1 saturated heterocycles. The van der Waals surface area contributed by atoms with Crippen molar-refractivity contribution in [1.29, 1.82) is 0 Å². The van der Waals surface area contributed by atoms with Crippen LogP contribution in [-0.4, -0.2) is 62.5 Å². The maximum absolute atomic E-state index is 13.4. The lowest BCUT2D eigenvalue weighted by atomic mass is 10.0. The number of nitrogens with zero attached hydrogens (tertiary/aromatic N) is 1. The molecule has 0 radical (unpaired) electrons. The molecule has 30 heavy (non-hydrogen) atoms. The molecule has 2 atom stereocenters. The van der Waals surface area contributed by atoms with E-state index in [2.05, 4.69) is 11.9 Å². The molecule has 2 amide bonds. The van der Waals surface area contributed by atoms with Gasteiger partial charge in [0.2, 0.25) is 5.91 Å². The van der Waals surface area contributed by atoms with E-state index in [4.69, 9.17) is 14.2 Å². The molecule has 166 valence electrons. The number of hydrogen-bond donors (Lipinski definition) is 1. The van der Waals surface area contributed by atoms with E-state index >= 15 is 0 Å². The summed E-state index contributed by atoms with van der Waals surface area (Å²) >= 11 is 0. The fourth-order valence-electron chi connectivity index (χ4n) is 3.23. The Balaban J connectivity index is 1.60. The normalized spacial score (nSPS) is 18.4. The van der Waals surface area contributed by atoms with Crippen molar-refractivity contribution >= 4 is 12.0 Å². The first-order valence-corrected chi connectivity index (χ1v) is 10.2. The Hall–Kier alpha value is -2.61. The van der Waals surface area contributed by atoms with Gasteiger partial charge in [-0.1, -0.05) is 33.4 Å². The Morgan fingerprint density at radius 2 is 2.07 bits per heavy atom. The summed E-state index contributed by atoms with van der Waals surface area (Å²) in [6.45, 7) is 11.5. The molecular weight excluding hydrogens is 391 g/mol. The van der Waals surface area contributed by atoms with Crippen LogP contribution in [0.2, 0.25) is 0 Å². The Morgan fingerprint density at radius 1 is 1.30 bits per heavy atom. The molecule has 1 heterocycles. The SMILES string of the molecule is C=CC(=O)N1C[C@@H](C)[C@H](OC(=O)NCCOCCOc2cc(F)ccc2C(C)C)C1. The first kappa shape index (κ1) is 23.7. The van der Waals surface area contributed by atoms with Gasteiger partial charge in [-0.05, 0) is 23.6 Å². The van der Waals surface area contributed by atoms with Crippen molar-refractivity contribution in [2.45, 2.75) is 32.8 Å². The number of ether oxygens (including phenoxy) is 3. The molecule has 0 saturated carbocycles. The van der Waals surface area contributed by atoms with Crippen molar-refractivity contribution in [3.8, 4) is 5.75 Å². The quantitative estimate of drug-likeness (QED) is 0.463. The minimum atomic E-state index is -0.541. The third kappa shape index (κ3) is 7.02. The standard InChI is InChI=1S/C22H31FN2O5/c1-5-21(26)25-13-16(4)20(14-25)30-22(27)24-8-9-28-10-11-29-19-12-17(23)6-7-18(19)15(2)3/h5-7,12,15-16,20H,1,8-11,13-14H2,2-4H3,(H,24,27)/t16-,20-/m1/s1. The van der Waals surface area contributed by atoms with E-state index in [-0.39, 0.29) is 42.8 Å². The first-order valence-electron chi connectivity index (χ1n) is 10.2. The molecule has 1 aromatic carbocycles. The van der Waals surface area contributed by atoms with Crippen LogP contribution in [0, 0.1) is 11.7 Å². The fraction of sp³-hybridized carbons (Fsp3) is 0.545. The van der Waals surface area contributed by atoms with Gasteiger partial charge in [0.1, 0.15) is 24.3 Å². The number of likely N-dealkylation sites (tertiary alicyclic amines) is 1. The second-order valence-corrected chi connectivity index (χ2v) is 7.59. The van der Waals surface area contributed by atoms with Gasteiger partial charge in [0.15, 0.2) is 0 Å². The zero-order chi connectivity index (χ0) is 22.1. The fourth-order valence-corrected chi connectivity index (χ4v) is 3.23. The molecule has 1 N–H and O–H groups in total. The zero-order valence-corrected chi connectivity index (χ0v) is 17.9. The predicted molar refractivity (Wildman–Crippen MR) is 111 cm³/mol. The predicted octanol–water partition coefficient (Wildman–Crippen LogP) is 3.10. The molecule has 0 aromatic heterocycles. The summed E-state index contributed by atoms with van der Waals surface area (Å²) in [6, 6.07) is 4.52. The van der Waals surface area contributed by atoms with Gasteiger partial charge < -0.3 is 24.4 Å². The third-order valence-electron chi connectivity index (χ3n) is 4.89. The van der Waals surface area contributed by atoms with Crippen LogP contribution in [-0.2, 0) is 14.3 Å². The molecule has 0 spiro atoms. The van der Waals surface area contributed by atoms with Gasteiger partial charge in [-0.3, -0.25) is 4.79 Å². The summed E-state index contributed by atoms with van der Waals surface area (Å²) in [6.07, 6.45) is 0.374. The average molecular weight is 422 g/mol. The van der Waals surface area contributed by atoms with Gasteiger partial charge in [0.25, 0.3) is 0 Å². The molecule has 0 bridgehead atoms. The molecule has 0 unspecified atom stereocenters. The van der Waals surface area contributed by atoms with Crippen molar-refractivity contribution < 1.29 is 28.2 Å². The summed E-state index contributed by atoms with van der Waals surface area (Å²) in [5, 5.41) is 2.63. The smallest absolute Gasteiger partial charge is 0.407 e. The molecule has 1 fully saturated rings. The van der Waals surface area contributed by atoms with Crippen LogP contribution in [0.15, 0.2) is 30.9 Å². The summed E-state index contributed by atoms with van der Waals surface area (Å²) in [4.78, 5) is 25.2. The van der Waals surface area contributed by atoms with Crippen LogP contribution in [0.25, 0.3) is 0 Å². The lowest BCUT2D eigenvalue weighted by molar-refractivity contribution is -0.125. The van der Waals surface area contributed by atoms with Crippen molar-refractivity contribution in [3.05, 3.63) is 42.2 Å². The minimum Gasteiger partial charge on any atom is -0.491 e. The lowest BCUT2D eigenvalue weighted by Gasteiger charge is -2.16. The van der Waals surface area contributed by atoms with Gasteiger partial charge in [-0.15, -0.1) is 0 Å². The molecule has 0 aliphatic carbocycles. The zero-order valence-electron chi connectivity index (χ0n) is 17.9. The molecule has 1 aromatic rings. The second-order valence-electron chi connectivity index (χ2n) is 7.59. The van der Waals surface area contributed by atoms with E-state index in [1.54, 1.807) is 11.0 Å². The Bertz CT molecular complexity index is 740. The minimum absolute atomic E-state index is 0.0617. The van der Waals surface area contributed by atoms with Crippen LogP contribution >= 0.6 is 0 Å². The Labute approximate surface area is 177 Å². The molecule has 7 nitrogen and oxygen atoms in total. The summed E-state index contributed by atoms with van der Waals surface area (Å²) in [7, 11) is 0. The summed E-state index contributed by atoms with van der Waals surface area (Å²) in [5.41, 5.74) is 0.940. The van der Waals surface area contributed by atoms with E-state index in [0.29, 0.717) is 32.1 Å². The Kier molecular flexibility index (Phi) is 9.11. The topological polar surface area (TPSA) is 77.1 Å². The van der Waals surface area contributed by atoms with E-state index in [9.17, 15) is 14.0 Å². The van der Waals surface area contributed by atoms with Gasteiger partial charge >= 0.3 is 6.09 Å². The van der Waals surface area contributed by atoms with Gasteiger partial charge in [-0.2, -0.15) is 0 Å². The van der Waals surface area contributed by atoms with E-state index in [1.807, 2.05) is 20.8 Å². The number of hydrogen-bond acceptors (Lipinski definition) is 5. The first-order chi connectivity index (χ1) is 14.3. The van der Waals surface area contributed by atoms with E-state index < -0.39 is 6.09 Å². The van der Waals surface area contributed by atoms with E-state index in [0.717, 1.165) is 5.56 Å². The Morgan fingerprint density at radius 3 is 2.77 bits per heavy atom. The van der Waals surface area contributed by atoms with Crippen LogP contribution in [0.3, 0.4) is 0 Å². The molecule has 1 aliphatic rings. The number of carbonyl (C=O) groups excluding carboxylic acids is 2. The van der Waals surface area contributed by atoms with Gasteiger partial charge in [-0.25, -0.2) is 9.18 Å². The molecular formula is C22H31FN2O5. The number of benzene rings is 1. The monoisotopic (exact) mass is 422 g/mol. The van der Waals surface area contributed by atoms with Crippen molar-refractivity contribution in [3.63, 3.8) is 0 Å². The van der Waals surface area contributed by atoms with Crippen molar-refractivity contribution in [2.75, 3.05) is 39.5 Å². The van der Waals surface area contributed by atoms with Crippen molar-refractivity contribution in [1.82, 2.24) is 10.2 Å². The van der Waals surface area contributed by atoms with Crippen LogP contribution < -0.4 is 10.1 Å². The van der Waals surface area contributed by atoms with Crippen LogP contribution in [0.5, 0.6) is 5.75 Å². The number of alkyl carbamates (subject to hydrolysis) is 1. The number of carbonyl (C=O) groups is 2. The summed E-state index contributed by atoms with van der Waals surface area (Å²) in [5.74, 6) is 0.298. The number of amides is 2. The second kappa shape index (κ2) is 11.5. The van der Waals surface area contributed by atoms with Crippen molar-refractivity contribution in [2.24, 2.45) is 5.92 Å². The highest BCUT2D eigenvalue weighted by Crippen LogP contribution is 2.27. The van der Waals surface area contributed by atoms with Crippen LogP contribution in [0.1, 0.15) is 32.3 Å². The highest BCUT2D eigenvalue weighted by Gasteiger charge is 2.34. The van der Waals surface area contributed by atoms with Gasteiger partial charge in [0, 0.05) is 25.1 Å². The highest BCUT2D eigenvalue weighted by molar-refractivity contribution is 5.87. The molecule has 2 rings (SSSR count). The highest BCUT2D eigenvalue weighted by atomic mass is 19.1. The largest absolute Gasteiger partial charge is 0.491 e. The maximum atomic E-state index is 13.4. The number of rotatable bonds is 10. The summed E-state index contributed by atoms with van der Waals surface area (Å²) < 4.78 is 29.9. The molecule has 8 heteroatoms. The van der Waals surface area contributed by atoms with Gasteiger partial charge in [0.05, 0.1) is 19.8 Å².